The van der Waals surface area contributed by atoms with Gasteiger partial charge in [0.1, 0.15) is 5.76 Å². The van der Waals surface area contributed by atoms with Gasteiger partial charge in [-0.15, -0.1) is 0 Å². The molecule has 1 aliphatic carbocycles. The van der Waals surface area contributed by atoms with Gasteiger partial charge in [-0.25, -0.2) is 0 Å². The van der Waals surface area contributed by atoms with Crippen LogP contribution in [0.15, 0.2) is 28.7 Å². The molecule has 0 bridgehead atoms. The number of benzene rings is 1. The summed E-state index contributed by atoms with van der Waals surface area (Å²) in [5, 5.41) is 6.05. The van der Waals surface area contributed by atoms with Gasteiger partial charge in [-0.2, -0.15) is 9.97 Å². The van der Waals surface area contributed by atoms with Crippen LogP contribution in [-0.4, -0.2) is 74.4 Å². The number of morpholine rings is 1. The maximum Gasteiger partial charge on any atom is 0.291 e. The maximum atomic E-state index is 13.2. The lowest BCUT2D eigenvalue weighted by molar-refractivity contribution is 0.0378. The van der Waals surface area contributed by atoms with Crippen LogP contribution in [0.3, 0.4) is 0 Å². The highest BCUT2D eigenvalue weighted by Gasteiger charge is 2.28. The highest BCUT2D eigenvalue weighted by atomic mass is 16.5. The molecule has 1 saturated heterocycles. The summed E-state index contributed by atoms with van der Waals surface area (Å²) in [6.45, 7) is 11.9. The number of hydrogen-bond donors (Lipinski definition) is 2. The molecule has 10 nitrogen and oxygen atoms in total. The first kappa shape index (κ1) is 29.8. The number of rotatable bonds is 11. The molecule has 0 radical (unpaired) electrons. The molecule has 10 heteroatoms. The van der Waals surface area contributed by atoms with Crippen molar-refractivity contribution in [1.82, 2.24) is 14.9 Å². The Kier molecular flexibility index (Phi) is 9.33. The molecule has 0 spiro atoms. The van der Waals surface area contributed by atoms with Crippen LogP contribution in [-0.2, 0) is 23.0 Å². The fourth-order valence-corrected chi connectivity index (χ4v) is 5.88. The van der Waals surface area contributed by atoms with Crippen molar-refractivity contribution in [3.63, 3.8) is 0 Å². The molecule has 1 aliphatic heterocycles. The third-order valence-corrected chi connectivity index (χ3v) is 8.29. The maximum absolute atomic E-state index is 13.2. The minimum Gasteiger partial charge on any atom is -0.479 e. The minimum absolute atomic E-state index is 0.165. The Morgan fingerprint density at radius 1 is 1.10 bits per heavy atom. The van der Waals surface area contributed by atoms with Crippen LogP contribution in [0.25, 0.3) is 0 Å². The number of carbonyl (C=O) groups excluding carboxylic acids is 1. The average molecular weight is 578 g/mol. The van der Waals surface area contributed by atoms with E-state index in [0.29, 0.717) is 18.9 Å². The van der Waals surface area contributed by atoms with E-state index in [0.717, 1.165) is 51.4 Å². The molecular formula is C32H43N5O5. The molecule has 42 heavy (non-hydrogen) atoms. The Labute approximate surface area is 248 Å². The summed E-state index contributed by atoms with van der Waals surface area (Å²) in [5.74, 6) is 1.25. The van der Waals surface area contributed by atoms with Crippen molar-refractivity contribution in [2.75, 3.05) is 64.2 Å². The summed E-state index contributed by atoms with van der Waals surface area (Å²) in [7, 11) is 2.99. The fraction of sp³-hybridized carbons (Fsp3) is 0.531. The summed E-state index contributed by atoms with van der Waals surface area (Å²) in [6, 6.07) is 8.20. The summed E-state index contributed by atoms with van der Waals surface area (Å²) in [5.41, 5.74) is 5.75. The van der Waals surface area contributed by atoms with Gasteiger partial charge in [0, 0.05) is 26.1 Å². The Balaban J connectivity index is 1.24. The van der Waals surface area contributed by atoms with E-state index in [4.69, 9.17) is 18.6 Å². The van der Waals surface area contributed by atoms with Gasteiger partial charge in [0.15, 0.2) is 11.4 Å². The molecule has 5 rings (SSSR count). The van der Waals surface area contributed by atoms with Gasteiger partial charge in [-0.1, -0.05) is 26.0 Å². The van der Waals surface area contributed by atoms with Crippen LogP contribution in [0.5, 0.6) is 11.8 Å². The van der Waals surface area contributed by atoms with E-state index in [2.05, 4.69) is 58.4 Å². The predicted molar refractivity (Wildman–Crippen MR) is 162 cm³/mol. The Hall–Kier alpha value is -3.63. The van der Waals surface area contributed by atoms with E-state index in [1.54, 1.807) is 6.07 Å². The number of hydrogen-bond acceptors (Lipinski definition) is 9. The zero-order valence-corrected chi connectivity index (χ0v) is 25.5. The quantitative estimate of drug-likeness (QED) is 0.305. The Bertz CT molecular complexity index is 1370. The molecule has 0 atom stereocenters. The lowest BCUT2D eigenvalue weighted by atomic mass is 9.71. The van der Waals surface area contributed by atoms with Gasteiger partial charge in [-0.05, 0) is 79.0 Å². The Morgan fingerprint density at radius 3 is 2.55 bits per heavy atom. The molecule has 1 amide bonds. The molecule has 226 valence electrons. The lowest BCUT2D eigenvalue weighted by Gasteiger charge is -2.33. The molecule has 0 unspecified atom stereocenters. The molecule has 1 fully saturated rings. The first-order valence-corrected chi connectivity index (χ1v) is 14.8. The lowest BCUT2D eigenvalue weighted by Crippen LogP contribution is -2.37. The van der Waals surface area contributed by atoms with Crippen molar-refractivity contribution in [3.8, 4) is 11.8 Å². The first-order chi connectivity index (χ1) is 20.3. The Morgan fingerprint density at radius 2 is 1.83 bits per heavy atom. The third-order valence-electron chi connectivity index (χ3n) is 8.29. The van der Waals surface area contributed by atoms with Gasteiger partial charge in [0.05, 0.1) is 27.4 Å². The number of nitrogens with zero attached hydrogens (tertiary/aromatic N) is 3. The van der Waals surface area contributed by atoms with E-state index in [1.165, 1.54) is 49.3 Å². The zero-order chi connectivity index (χ0) is 29.7. The highest BCUT2D eigenvalue weighted by Crippen LogP contribution is 2.38. The molecule has 1 aromatic carbocycles. The fourth-order valence-electron chi connectivity index (χ4n) is 5.88. The highest BCUT2D eigenvalue weighted by molar-refractivity contribution is 6.03. The monoisotopic (exact) mass is 577 g/mol. The minimum atomic E-state index is -0.434. The van der Waals surface area contributed by atoms with Crippen molar-refractivity contribution in [3.05, 3.63) is 58.0 Å². The molecule has 2 aliphatic rings. The summed E-state index contributed by atoms with van der Waals surface area (Å²) in [6.07, 6.45) is 5.09. The largest absolute Gasteiger partial charge is 0.479 e. The van der Waals surface area contributed by atoms with Crippen LogP contribution >= 0.6 is 0 Å². The van der Waals surface area contributed by atoms with Crippen molar-refractivity contribution in [2.45, 2.75) is 58.3 Å². The second-order valence-electron chi connectivity index (χ2n) is 11.7. The van der Waals surface area contributed by atoms with Crippen molar-refractivity contribution >= 4 is 17.5 Å². The number of nitrogens with one attached hydrogen (secondary N) is 2. The molecular weight excluding hydrogens is 534 g/mol. The number of ether oxygens (including phenoxy) is 3. The third kappa shape index (κ3) is 6.87. The number of methoxy groups -OCH3 is 2. The van der Waals surface area contributed by atoms with Crippen LogP contribution in [0.1, 0.15) is 71.7 Å². The number of carbonyl (C=O) groups is 1. The second-order valence-corrected chi connectivity index (χ2v) is 11.7. The summed E-state index contributed by atoms with van der Waals surface area (Å²) < 4.78 is 22.4. The van der Waals surface area contributed by atoms with E-state index in [-0.39, 0.29) is 28.6 Å². The van der Waals surface area contributed by atoms with Crippen LogP contribution in [0, 0.1) is 6.92 Å². The molecule has 3 aromatic rings. The average Bonchev–Trinajstić information content (AvgIpc) is 3.45. The van der Waals surface area contributed by atoms with Crippen LogP contribution in [0.4, 0.5) is 11.6 Å². The van der Waals surface area contributed by atoms with Crippen molar-refractivity contribution in [2.24, 2.45) is 0 Å². The van der Waals surface area contributed by atoms with Gasteiger partial charge in [0.2, 0.25) is 17.7 Å². The summed E-state index contributed by atoms with van der Waals surface area (Å²) in [4.78, 5) is 24.5. The number of aryl methyl sites for hydroxylation is 2. The number of furan rings is 1. The van der Waals surface area contributed by atoms with Gasteiger partial charge < -0.3 is 29.3 Å². The molecule has 3 heterocycles. The van der Waals surface area contributed by atoms with Crippen LogP contribution in [0.2, 0.25) is 0 Å². The topological polar surface area (TPSA) is 111 Å². The van der Waals surface area contributed by atoms with E-state index < -0.39 is 5.91 Å². The second kappa shape index (κ2) is 13.1. The normalized spacial score (nSPS) is 16.5. The number of anilines is 2. The van der Waals surface area contributed by atoms with Crippen LogP contribution < -0.4 is 20.1 Å². The number of aromatic nitrogens is 2. The zero-order valence-electron chi connectivity index (χ0n) is 25.5. The van der Waals surface area contributed by atoms with E-state index in [1.807, 2.05) is 6.07 Å². The van der Waals surface area contributed by atoms with Crippen molar-refractivity contribution < 1.29 is 23.4 Å². The molecule has 0 saturated carbocycles. The number of amides is 1. The van der Waals surface area contributed by atoms with Crippen molar-refractivity contribution in [1.29, 1.82) is 0 Å². The standard InChI is InChI=1S/C32H43N5O5/c1-21-18-22-8-6-11-32(2,3)25(22)20-23(21)19-24-9-10-26(42-24)28(38)34-27-29(39-4)35-31(36-30(27)40-5)33-12-7-13-37-14-16-41-17-15-37/h9-10,18,20H,6-8,11-17,19H2,1-5H3,(H,34,38)(H,33,35,36). The molecule has 2 N–H and O–H groups in total. The number of fused-ring (bicyclic) bond motifs is 1. The van der Waals surface area contributed by atoms with E-state index >= 15 is 0 Å². The molecule has 2 aromatic heterocycles. The predicted octanol–water partition coefficient (Wildman–Crippen LogP) is 4.99. The first-order valence-electron chi connectivity index (χ1n) is 14.8. The van der Waals surface area contributed by atoms with Gasteiger partial charge in [-0.3, -0.25) is 9.69 Å². The SMILES string of the molecule is COc1nc(NCCCN2CCOCC2)nc(OC)c1NC(=O)c1ccc(Cc2cc3c(cc2C)CCCC3(C)C)o1. The summed E-state index contributed by atoms with van der Waals surface area (Å²) >= 11 is 0. The smallest absolute Gasteiger partial charge is 0.291 e. The van der Waals surface area contributed by atoms with Gasteiger partial charge in [0.25, 0.3) is 5.91 Å². The van der Waals surface area contributed by atoms with Gasteiger partial charge >= 0.3 is 0 Å². The van der Waals surface area contributed by atoms with E-state index in [9.17, 15) is 4.79 Å².